The van der Waals surface area contributed by atoms with Crippen LogP contribution in [0.15, 0.2) is 151 Å². The first-order valence-corrected chi connectivity index (χ1v) is 18.1. The molecule has 9 heteroatoms. The second kappa shape index (κ2) is 13.6. The van der Waals surface area contributed by atoms with E-state index < -0.39 is 0 Å². The summed E-state index contributed by atoms with van der Waals surface area (Å²) in [5.74, 6) is 0. The lowest BCUT2D eigenvalue weighted by Gasteiger charge is -2.09. The molecule has 8 nitrogen and oxygen atoms in total. The highest BCUT2D eigenvalue weighted by Gasteiger charge is 2.19. The largest absolute Gasteiger partial charge is 0.354 e. The van der Waals surface area contributed by atoms with Crippen LogP contribution in [-0.2, 0) is 21.1 Å². The predicted molar refractivity (Wildman–Crippen MR) is 212 cm³/mol. The molecule has 1 aliphatic heterocycles. The van der Waals surface area contributed by atoms with Gasteiger partial charge < -0.3 is 19.9 Å². The van der Waals surface area contributed by atoms with Gasteiger partial charge >= 0.3 is 0 Å². The number of nitrogens with one attached hydrogen (secondary N) is 4. The van der Waals surface area contributed by atoms with Gasteiger partial charge in [-0.15, -0.1) is 0 Å². The van der Waals surface area contributed by atoms with Gasteiger partial charge in [-0.3, -0.25) is 0 Å². The fourth-order valence-corrected chi connectivity index (χ4v) is 7.44. The van der Waals surface area contributed by atoms with Gasteiger partial charge in [0.25, 0.3) is 0 Å². The average molecular weight is 722 g/mol. The Balaban J connectivity index is 1.42. The minimum Gasteiger partial charge on any atom is -0.354 e. The molecule has 0 aliphatic carbocycles. The lowest BCUT2D eigenvalue weighted by atomic mass is 10.0. The van der Waals surface area contributed by atoms with Crippen LogP contribution in [0.25, 0.3) is 22.3 Å². The average Bonchev–Trinajstić information content (AvgIpc) is 4.02. The summed E-state index contributed by atoms with van der Waals surface area (Å²) in [4.78, 5) is 19.6. The van der Waals surface area contributed by atoms with Crippen LogP contribution >= 0.6 is 12.2 Å². The van der Waals surface area contributed by atoms with Crippen molar-refractivity contribution in [3.63, 3.8) is 0 Å². The van der Waals surface area contributed by atoms with Crippen molar-refractivity contribution in [2.45, 2.75) is 0 Å². The van der Waals surface area contributed by atoms with E-state index in [0.29, 0.717) is 0 Å². The topological polar surface area (TPSA) is 87.2 Å². The van der Waals surface area contributed by atoms with Gasteiger partial charge in [0, 0.05) is 103 Å². The maximum Gasteiger partial charge on any atom is 0.169 e. The summed E-state index contributed by atoms with van der Waals surface area (Å²) in [7, 11) is 6.11. The molecule has 0 unspecified atom stereocenters. The van der Waals surface area contributed by atoms with E-state index in [2.05, 4.69) is 178 Å². The van der Waals surface area contributed by atoms with Crippen molar-refractivity contribution < 1.29 is 13.7 Å². The Kier molecular flexibility index (Phi) is 8.27. The van der Waals surface area contributed by atoms with E-state index in [1.165, 1.54) is 0 Å². The number of nitrogens with zero attached hydrogens (tertiary/aromatic N) is 4. The van der Waals surface area contributed by atoms with E-state index in [1.807, 2.05) is 33.3 Å². The molecule has 7 aromatic heterocycles. The summed E-state index contributed by atoms with van der Waals surface area (Å²) in [6.07, 6.45) is 12.5. The molecular weight excluding hydrogens is 685 g/mol. The molecule has 8 aromatic rings. The zero-order valence-corrected chi connectivity index (χ0v) is 30.9. The molecule has 260 valence electrons. The van der Waals surface area contributed by atoms with Crippen LogP contribution in [0.5, 0.6) is 0 Å². The van der Waals surface area contributed by atoms with Crippen molar-refractivity contribution in [2.75, 3.05) is 0 Å². The minimum atomic E-state index is 0.758. The third kappa shape index (κ3) is 6.07. The van der Waals surface area contributed by atoms with Gasteiger partial charge in [0.05, 0.1) is 10.8 Å². The number of fused-ring (bicyclic) bond motifs is 8. The van der Waals surface area contributed by atoms with Gasteiger partial charge in [0.2, 0.25) is 0 Å². The number of thiocarbonyl (C=S) groups is 1. The number of isothiocyanates is 1. The molecule has 0 saturated carbocycles. The third-order valence-corrected chi connectivity index (χ3v) is 10.1. The smallest absolute Gasteiger partial charge is 0.169 e. The first-order chi connectivity index (χ1) is 26.4. The van der Waals surface area contributed by atoms with Gasteiger partial charge in [0.1, 0.15) is 21.1 Å². The zero-order valence-electron chi connectivity index (χ0n) is 30.1. The van der Waals surface area contributed by atoms with Crippen molar-refractivity contribution in [1.29, 1.82) is 0 Å². The molecule has 9 rings (SSSR count). The van der Waals surface area contributed by atoms with E-state index in [-0.39, 0.29) is 0 Å². The maximum absolute atomic E-state index is 4.89. The molecule has 0 spiro atoms. The number of benzene rings is 1. The Morgan fingerprint density at radius 1 is 0.389 bits per heavy atom. The van der Waals surface area contributed by atoms with E-state index in [1.54, 1.807) is 0 Å². The molecule has 4 N–H and O–H groups in total. The molecular formula is C45H37N8S+3. The minimum absolute atomic E-state index is 0.758. The number of aromatic amines is 4. The van der Waals surface area contributed by atoms with Gasteiger partial charge in [-0.1, -0.05) is 12.1 Å². The Bertz CT molecular complexity index is 2990. The van der Waals surface area contributed by atoms with Crippen molar-refractivity contribution >= 4 is 45.4 Å². The normalized spacial score (nSPS) is 12.6. The summed E-state index contributed by atoms with van der Waals surface area (Å²) in [5.41, 5.74) is 13.3. The van der Waals surface area contributed by atoms with Crippen molar-refractivity contribution in [2.24, 2.45) is 26.1 Å². The zero-order chi connectivity index (χ0) is 36.8. The molecule has 1 aromatic carbocycles. The van der Waals surface area contributed by atoms with Crippen LogP contribution in [-0.4, -0.2) is 25.1 Å². The SMILES string of the molecule is C[n+]1ccc(C2=c3ccc([nH]3)=C(c3ccc(N=C=S)cc3)c3ccc([nH]3)C(c3cc[n+](C)cc3)=c3ccc([nH]3)=C(c3cc[n+](C)cc3)c3ccc2[nH]3)cc1. The number of aliphatic imine (C=N–C) groups is 1. The molecule has 0 amide bonds. The van der Waals surface area contributed by atoms with Gasteiger partial charge in [-0.05, 0) is 95.1 Å². The number of rotatable bonds is 5. The number of pyridine rings is 3. The van der Waals surface area contributed by atoms with Crippen LogP contribution in [0.2, 0.25) is 0 Å². The summed E-state index contributed by atoms with van der Waals surface area (Å²) < 4.78 is 6.16. The quantitative estimate of drug-likeness (QED) is 0.123. The predicted octanol–water partition coefficient (Wildman–Crippen LogP) is 3.51. The first-order valence-electron chi connectivity index (χ1n) is 17.7. The number of aryl methyl sites for hydroxylation is 3. The highest BCUT2D eigenvalue weighted by atomic mass is 32.1. The summed E-state index contributed by atoms with van der Waals surface area (Å²) >= 11 is 4.89. The van der Waals surface area contributed by atoms with Crippen molar-refractivity contribution in [3.05, 3.63) is 213 Å². The summed E-state index contributed by atoms with van der Waals surface area (Å²) in [5, 5.41) is 6.46. The van der Waals surface area contributed by atoms with E-state index in [4.69, 9.17) is 12.2 Å². The van der Waals surface area contributed by atoms with Crippen molar-refractivity contribution in [3.8, 4) is 0 Å². The lowest BCUT2D eigenvalue weighted by molar-refractivity contribution is -0.671. The Hall–Kier alpha value is -6.93. The van der Waals surface area contributed by atoms with Crippen LogP contribution in [0.4, 0.5) is 5.69 Å². The Morgan fingerprint density at radius 3 is 0.981 bits per heavy atom. The number of aromatic nitrogens is 7. The highest BCUT2D eigenvalue weighted by molar-refractivity contribution is 7.78. The van der Waals surface area contributed by atoms with Gasteiger partial charge in [0.15, 0.2) is 37.2 Å². The second-order valence-electron chi connectivity index (χ2n) is 13.6. The Labute approximate surface area is 316 Å². The van der Waals surface area contributed by atoms with Crippen LogP contribution in [0, 0.1) is 0 Å². The molecule has 0 fully saturated rings. The number of hydrogen-bond acceptors (Lipinski definition) is 2. The van der Waals surface area contributed by atoms with E-state index in [0.717, 1.165) is 94.4 Å². The van der Waals surface area contributed by atoms with E-state index in [9.17, 15) is 0 Å². The number of hydrogen-bond donors (Lipinski definition) is 4. The van der Waals surface area contributed by atoms with Crippen LogP contribution in [0.1, 0.15) is 45.0 Å². The maximum atomic E-state index is 4.89. The molecule has 0 atom stereocenters. The van der Waals surface area contributed by atoms with E-state index >= 15 is 0 Å². The van der Waals surface area contributed by atoms with Gasteiger partial charge in [-0.25, -0.2) is 13.7 Å². The molecule has 0 saturated heterocycles. The standard InChI is InChI=1S/C45H35N8S/c1-51-22-16-30(17-23-51)43-36-10-8-34(47-36)42(29-4-6-33(7-5-29)46-28-54)35-9-11-37(48-35)44(31-18-24-52(2)25-19-31)39-13-15-41(50-39)45(40-14-12-38(43)49-40)32-20-26-53(3)27-21-32/h4-27H,1-3H3,(H2,47,48,49,50)/q+1/p+2. The fourth-order valence-electron chi connectivity index (χ4n) is 7.33. The Morgan fingerprint density at radius 2 is 0.685 bits per heavy atom. The van der Waals surface area contributed by atoms with Gasteiger partial charge in [-0.2, -0.15) is 4.99 Å². The van der Waals surface area contributed by atoms with Crippen LogP contribution < -0.4 is 35.1 Å². The second-order valence-corrected chi connectivity index (χ2v) is 13.8. The van der Waals surface area contributed by atoms with Crippen molar-refractivity contribution in [1.82, 2.24) is 19.9 Å². The molecule has 54 heavy (non-hydrogen) atoms. The monoisotopic (exact) mass is 721 g/mol. The lowest BCUT2D eigenvalue weighted by Crippen LogP contribution is -2.26. The fraction of sp³-hybridized carbons (Fsp3) is 0.0667. The van der Waals surface area contributed by atoms with Crippen LogP contribution in [0.3, 0.4) is 0 Å². The summed E-state index contributed by atoms with van der Waals surface area (Å²) in [6.45, 7) is 0. The number of H-pyrrole nitrogens is 4. The summed E-state index contributed by atoms with van der Waals surface area (Å²) in [6, 6.07) is 38.5. The molecule has 0 radical (unpaired) electrons. The molecule has 8 heterocycles. The first kappa shape index (κ1) is 32.9. The molecule has 1 aliphatic rings. The highest BCUT2D eigenvalue weighted by Crippen LogP contribution is 2.28. The molecule has 8 bridgehead atoms. The third-order valence-electron chi connectivity index (χ3n) is 10.0.